The Morgan fingerprint density at radius 3 is 2.44 bits per heavy atom. The Morgan fingerprint density at radius 2 is 1.68 bits per heavy atom. The van der Waals surface area contributed by atoms with Gasteiger partial charge in [0.1, 0.15) is 0 Å². The van der Waals surface area contributed by atoms with Crippen LogP contribution in [0.1, 0.15) is 23.1 Å². The number of rotatable bonds is 4. The third-order valence-electron chi connectivity index (χ3n) is 5.73. The van der Waals surface area contributed by atoms with Gasteiger partial charge in [-0.15, -0.1) is 0 Å². The van der Waals surface area contributed by atoms with Crippen molar-refractivity contribution in [2.24, 2.45) is 0 Å². The minimum absolute atomic E-state index is 0.151. The maximum absolute atomic E-state index is 10.1. The molecule has 3 heteroatoms. The summed E-state index contributed by atoms with van der Waals surface area (Å²) in [6.07, 6.45) is 1.84. The molecule has 0 spiro atoms. The molecule has 2 aromatic rings. The van der Waals surface area contributed by atoms with Crippen molar-refractivity contribution < 1.29 is 5.11 Å². The second kappa shape index (κ2) is 7.28. The summed E-state index contributed by atoms with van der Waals surface area (Å²) in [6, 6.07) is 20.7. The van der Waals surface area contributed by atoms with Crippen molar-refractivity contribution in [2.45, 2.75) is 44.5 Å². The highest BCUT2D eigenvalue weighted by Gasteiger charge is 2.39. The van der Waals surface area contributed by atoms with Crippen LogP contribution >= 0.6 is 0 Å². The standard InChI is InChI=1S/C22H28N2O/c1-17-7-9-19(10-8-17)13-23-15-21-12-22(25)16-24(21)14-20(23)11-18-5-3-2-4-6-18/h2-10,20-22,25H,11-16H2,1H3/t20-,21-,22+/m0/s1. The van der Waals surface area contributed by atoms with E-state index in [0.717, 1.165) is 39.0 Å². The Hall–Kier alpha value is -1.68. The maximum atomic E-state index is 10.1. The van der Waals surface area contributed by atoms with Crippen LogP contribution < -0.4 is 0 Å². The van der Waals surface area contributed by atoms with Gasteiger partial charge in [-0.05, 0) is 30.9 Å². The predicted molar refractivity (Wildman–Crippen MR) is 102 cm³/mol. The van der Waals surface area contributed by atoms with Crippen LogP contribution in [0.15, 0.2) is 54.6 Å². The third-order valence-corrected chi connectivity index (χ3v) is 5.73. The van der Waals surface area contributed by atoms with Gasteiger partial charge in [-0.25, -0.2) is 0 Å². The molecule has 132 valence electrons. The highest BCUT2D eigenvalue weighted by Crippen LogP contribution is 2.27. The van der Waals surface area contributed by atoms with Gasteiger partial charge in [0.2, 0.25) is 0 Å². The highest BCUT2D eigenvalue weighted by molar-refractivity contribution is 5.22. The molecule has 2 aliphatic heterocycles. The van der Waals surface area contributed by atoms with E-state index in [-0.39, 0.29) is 6.10 Å². The van der Waals surface area contributed by atoms with E-state index in [0.29, 0.717) is 12.1 Å². The molecule has 1 N–H and O–H groups in total. The topological polar surface area (TPSA) is 26.7 Å². The first kappa shape index (κ1) is 16.8. The van der Waals surface area contributed by atoms with Crippen molar-refractivity contribution in [1.82, 2.24) is 9.80 Å². The molecule has 0 aromatic heterocycles. The molecule has 2 heterocycles. The minimum atomic E-state index is -0.151. The Kier molecular flexibility index (Phi) is 4.89. The molecule has 0 amide bonds. The van der Waals surface area contributed by atoms with Crippen molar-refractivity contribution in [3.05, 3.63) is 71.3 Å². The van der Waals surface area contributed by atoms with Crippen molar-refractivity contribution >= 4 is 0 Å². The lowest BCUT2D eigenvalue weighted by atomic mass is 9.99. The first-order valence-electron chi connectivity index (χ1n) is 9.43. The molecule has 4 rings (SSSR count). The molecule has 0 saturated carbocycles. The number of hydrogen-bond acceptors (Lipinski definition) is 3. The first-order valence-corrected chi connectivity index (χ1v) is 9.43. The van der Waals surface area contributed by atoms with Gasteiger partial charge < -0.3 is 5.11 Å². The summed E-state index contributed by atoms with van der Waals surface area (Å²) in [5.41, 5.74) is 4.10. The first-order chi connectivity index (χ1) is 12.2. The van der Waals surface area contributed by atoms with Gasteiger partial charge >= 0.3 is 0 Å². The van der Waals surface area contributed by atoms with E-state index in [9.17, 15) is 5.11 Å². The van der Waals surface area contributed by atoms with Crippen LogP contribution in [0.4, 0.5) is 0 Å². The number of hydrogen-bond donors (Lipinski definition) is 1. The van der Waals surface area contributed by atoms with Gasteiger partial charge in [0.05, 0.1) is 6.10 Å². The molecule has 2 saturated heterocycles. The molecule has 25 heavy (non-hydrogen) atoms. The second-order valence-corrected chi connectivity index (χ2v) is 7.76. The Labute approximate surface area is 150 Å². The van der Waals surface area contributed by atoms with E-state index in [1.165, 1.54) is 16.7 Å². The average molecular weight is 336 g/mol. The summed E-state index contributed by atoms with van der Waals surface area (Å²) in [6.45, 7) is 6.10. The molecule has 3 nitrogen and oxygen atoms in total. The fraction of sp³-hybridized carbons (Fsp3) is 0.455. The number of benzene rings is 2. The van der Waals surface area contributed by atoms with E-state index >= 15 is 0 Å². The van der Waals surface area contributed by atoms with Crippen LogP contribution in [0.3, 0.4) is 0 Å². The fourth-order valence-corrected chi connectivity index (χ4v) is 4.38. The molecule has 0 unspecified atom stereocenters. The molecule has 0 bridgehead atoms. The molecule has 2 aromatic carbocycles. The number of fused-ring (bicyclic) bond motifs is 1. The Bertz CT molecular complexity index is 685. The summed E-state index contributed by atoms with van der Waals surface area (Å²) >= 11 is 0. The summed E-state index contributed by atoms with van der Waals surface area (Å²) in [4.78, 5) is 5.14. The van der Waals surface area contributed by atoms with Gasteiger partial charge in [0.15, 0.2) is 0 Å². The molecule has 2 fully saturated rings. The third kappa shape index (κ3) is 3.95. The van der Waals surface area contributed by atoms with Gasteiger partial charge in [-0.2, -0.15) is 0 Å². The molecule has 0 aliphatic carbocycles. The van der Waals surface area contributed by atoms with E-state index in [2.05, 4.69) is 71.3 Å². The van der Waals surface area contributed by atoms with Crippen LogP contribution in [0.2, 0.25) is 0 Å². The number of aliphatic hydroxyl groups excluding tert-OH is 1. The number of aryl methyl sites for hydroxylation is 1. The molecule has 3 atom stereocenters. The maximum Gasteiger partial charge on any atom is 0.0682 e. The van der Waals surface area contributed by atoms with Gasteiger partial charge in [-0.1, -0.05) is 60.2 Å². The highest BCUT2D eigenvalue weighted by atomic mass is 16.3. The normalized spacial score (nSPS) is 27.4. The molecule has 2 aliphatic rings. The Balaban J connectivity index is 1.52. The van der Waals surface area contributed by atoms with Crippen molar-refractivity contribution in [2.75, 3.05) is 19.6 Å². The largest absolute Gasteiger partial charge is 0.392 e. The van der Waals surface area contributed by atoms with Gasteiger partial charge in [-0.3, -0.25) is 9.80 Å². The Morgan fingerprint density at radius 1 is 0.920 bits per heavy atom. The van der Waals surface area contributed by atoms with E-state index in [1.54, 1.807) is 0 Å². The smallest absolute Gasteiger partial charge is 0.0682 e. The summed E-state index contributed by atoms with van der Waals surface area (Å²) in [7, 11) is 0. The molecular formula is C22H28N2O. The van der Waals surface area contributed by atoms with E-state index in [1.807, 2.05) is 0 Å². The summed E-state index contributed by atoms with van der Waals surface area (Å²) in [5, 5.41) is 10.1. The predicted octanol–water partition coefficient (Wildman–Crippen LogP) is 2.86. The zero-order valence-electron chi connectivity index (χ0n) is 15.0. The summed E-state index contributed by atoms with van der Waals surface area (Å²) in [5.74, 6) is 0. The number of piperazine rings is 1. The van der Waals surface area contributed by atoms with Crippen LogP contribution in [0, 0.1) is 6.92 Å². The molecular weight excluding hydrogens is 308 g/mol. The minimum Gasteiger partial charge on any atom is -0.392 e. The zero-order chi connectivity index (χ0) is 17.2. The van der Waals surface area contributed by atoms with Gasteiger partial charge in [0.25, 0.3) is 0 Å². The molecule has 0 radical (unpaired) electrons. The summed E-state index contributed by atoms with van der Waals surface area (Å²) < 4.78 is 0. The van der Waals surface area contributed by atoms with Crippen molar-refractivity contribution in [3.63, 3.8) is 0 Å². The second-order valence-electron chi connectivity index (χ2n) is 7.76. The lowest BCUT2D eigenvalue weighted by molar-refractivity contribution is 0.0445. The van der Waals surface area contributed by atoms with E-state index in [4.69, 9.17) is 0 Å². The SMILES string of the molecule is Cc1ccc(CN2C[C@@H]3C[C@@H](O)CN3C[C@@H]2Cc2ccccc2)cc1. The van der Waals surface area contributed by atoms with Crippen LogP contribution in [0.25, 0.3) is 0 Å². The van der Waals surface area contributed by atoms with E-state index < -0.39 is 0 Å². The van der Waals surface area contributed by atoms with Crippen LogP contribution in [0.5, 0.6) is 0 Å². The zero-order valence-corrected chi connectivity index (χ0v) is 15.0. The monoisotopic (exact) mass is 336 g/mol. The fourth-order valence-electron chi connectivity index (χ4n) is 4.38. The van der Waals surface area contributed by atoms with Gasteiger partial charge in [0, 0.05) is 38.3 Å². The van der Waals surface area contributed by atoms with Crippen molar-refractivity contribution in [1.29, 1.82) is 0 Å². The number of aliphatic hydroxyl groups is 1. The quantitative estimate of drug-likeness (QED) is 0.930. The lowest BCUT2D eigenvalue weighted by Gasteiger charge is -2.44. The van der Waals surface area contributed by atoms with Crippen molar-refractivity contribution in [3.8, 4) is 0 Å². The number of nitrogens with zero attached hydrogens (tertiary/aromatic N) is 2. The van der Waals surface area contributed by atoms with Crippen LogP contribution in [-0.2, 0) is 13.0 Å². The lowest BCUT2D eigenvalue weighted by Crippen LogP contribution is -2.56. The average Bonchev–Trinajstić information content (AvgIpc) is 2.97. The van der Waals surface area contributed by atoms with Crippen LogP contribution in [-0.4, -0.2) is 52.7 Å².